The van der Waals surface area contributed by atoms with Crippen LogP contribution in [0.3, 0.4) is 0 Å². The van der Waals surface area contributed by atoms with E-state index in [-0.39, 0.29) is 19.6 Å². The lowest BCUT2D eigenvalue weighted by molar-refractivity contribution is -0.150. The first-order chi connectivity index (χ1) is 19.1. The number of unbranched alkanes of at least 4 members (excludes halogenated alkanes) is 1. The first kappa shape index (κ1) is 38.8. The van der Waals surface area contributed by atoms with Gasteiger partial charge in [-0.2, -0.15) is 0 Å². The van der Waals surface area contributed by atoms with Gasteiger partial charge in [0.15, 0.2) is 0 Å². The van der Waals surface area contributed by atoms with E-state index in [2.05, 4.69) is 10.6 Å². The van der Waals surface area contributed by atoms with Gasteiger partial charge < -0.3 is 39.8 Å². The number of hydrogen-bond donors (Lipinski definition) is 3. The molecule has 0 bridgehead atoms. The molecule has 13 nitrogen and oxygen atoms in total. The van der Waals surface area contributed by atoms with Crippen LogP contribution in [0.15, 0.2) is 0 Å². The standard InChI is InChI=1S/C29H54N4O9/c1-21(23(35)36)22(34)32(19-13-15-30-24(37)40-27(2,3)4)17-11-12-18-33(26(39)42-29(8,9)10)20-14-16-31-25(38)41-28(5,6)7/h21H,11-20H2,1-10H3,(H,30,37)(H,31,38)(H,35,36). The smallest absolute Gasteiger partial charge is 0.410 e. The van der Waals surface area contributed by atoms with Gasteiger partial charge in [0.05, 0.1) is 0 Å². The van der Waals surface area contributed by atoms with Crippen LogP contribution in [0.5, 0.6) is 0 Å². The van der Waals surface area contributed by atoms with E-state index in [1.165, 1.54) is 11.8 Å². The van der Waals surface area contributed by atoms with Crippen molar-refractivity contribution in [3.8, 4) is 0 Å². The van der Waals surface area contributed by atoms with Crippen molar-refractivity contribution >= 4 is 30.2 Å². The van der Waals surface area contributed by atoms with Gasteiger partial charge in [-0.1, -0.05) is 0 Å². The van der Waals surface area contributed by atoms with Gasteiger partial charge in [0.1, 0.15) is 22.7 Å². The lowest BCUT2D eigenvalue weighted by atomic mass is 10.1. The molecule has 244 valence electrons. The van der Waals surface area contributed by atoms with Gasteiger partial charge in [-0.25, -0.2) is 14.4 Å². The molecule has 0 aromatic heterocycles. The number of nitrogens with zero attached hydrogens (tertiary/aromatic N) is 2. The number of alkyl carbamates (subject to hydrolysis) is 2. The summed E-state index contributed by atoms with van der Waals surface area (Å²) in [6, 6.07) is 0. The molecule has 0 rings (SSSR count). The van der Waals surface area contributed by atoms with Crippen molar-refractivity contribution in [2.24, 2.45) is 5.92 Å². The van der Waals surface area contributed by atoms with Crippen LogP contribution >= 0.6 is 0 Å². The Kier molecular flexibility index (Phi) is 16.3. The van der Waals surface area contributed by atoms with E-state index in [1.807, 2.05) is 0 Å². The number of aliphatic carboxylic acids is 1. The highest BCUT2D eigenvalue weighted by Gasteiger charge is 2.26. The fraction of sp³-hybridized carbons (Fsp3) is 0.828. The first-order valence-electron chi connectivity index (χ1n) is 14.5. The molecular weight excluding hydrogens is 548 g/mol. The molecule has 0 fully saturated rings. The van der Waals surface area contributed by atoms with E-state index in [9.17, 15) is 29.1 Å². The Bertz CT molecular complexity index is 889. The van der Waals surface area contributed by atoms with E-state index in [4.69, 9.17) is 14.2 Å². The number of amides is 4. The summed E-state index contributed by atoms with van der Waals surface area (Å²) in [5, 5.41) is 14.6. The summed E-state index contributed by atoms with van der Waals surface area (Å²) >= 11 is 0. The van der Waals surface area contributed by atoms with Crippen LogP contribution in [0.4, 0.5) is 14.4 Å². The molecule has 1 atom stereocenters. The zero-order valence-electron chi connectivity index (χ0n) is 27.3. The topological polar surface area (TPSA) is 164 Å². The van der Waals surface area contributed by atoms with E-state index in [1.54, 1.807) is 67.2 Å². The molecule has 0 spiro atoms. The molecule has 0 radical (unpaired) electrons. The van der Waals surface area contributed by atoms with Crippen LogP contribution in [0, 0.1) is 5.92 Å². The summed E-state index contributed by atoms with van der Waals surface area (Å²) in [5.74, 6) is -2.94. The highest BCUT2D eigenvalue weighted by atomic mass is 16.6. The Morgan fingerprint density at radius 1 is 0.619 bits per heavy atom. The summed E-state index contributed by atoms with van der Waals surface area (Å²) in [4.78, 5) is 63.8. The van der Waals surface area contributed by atoms with Gasteiger partial charge in [0.25, 0.3) is 0 Å². The third kappa shape index (κ3) is 19.8. The maximum absolute atomic E-state index is 12.8. The maximum atomic E-state index is 12.8. The van der Waals surface area contributed by atoms with Crippen molar-refractivity contribution < 1.29 is 43.3 Å². The van der Waals surface area contributed by atoms with Gasteiger partial charge in [-0.3, -0.25) is 9.59 Å². The maximum Gasteiger partial charge on any atom is 0.410 e. The van der Waals surface area contributed by atoms with E-state index in [0.717, 1.165) is 0 Å². The number of carbonyl (C=O) groups excluding carboxylic acids is 4. The Hall–Kier alpha value is -3.25. The Morgan fingerprint density at radius 3 is 1.36 bits per heavy atom. The Labute approximate surface area is 251 Å². The van der Waals surface area contributed by atoms with Crippen LogP contribution in [-0.4, -0.2) is 101 Å². The van der Waals surface area contributed by atoms with Crippen LogP contribution in [0.2, 0.25) is 0 Å². The minimum atomic E-state index is -1.21. The van der Waals surface area contributed by atoms with Crippen molar-refractivity contribution in [2.45, 2.75) is 112 Å². The fourth-order valence-corrected chi connectivity index (χ4v) is 3.49. The highest BCUT2D eigenvalue weighted by Crippen LogP contribution is 2.13. The molecule has 0 heterocycles. The molecular formula is C29H54N4O9. The largest absolute Gasteiger partial charge is 0.481 e. The van der Waals surface area contributed by atoms with Gasteiger partial charge in [-0.05, 0) is 94.9 Å². The van der Waals surface area contributed by atoms with Crippen LogP contribution in [0.25, 0.3) is 0 Å². The second-order valence-corrected chi connectivity index (χ2v) is 13.1. The molecule has 4 amide bonds. The van der Waals surface area contributed by atoms with E-state index < -0.39 is 52.9 Å². The zero-order chi connectivity index (χ0) is 32.7. The van der Waals surface area contributed by atoms with Gasteiger partial charge in [0.2, 0.25) is 5.91 Å². The van der Waals surface area contributed by atoms with Crippen molar-refractivity contribution in [2.75, 3.05) is 39.3 Å². The molecule has 0 saturated heterocycles. The summed E-state index contributed by atoms with van der Waals surface area (Å²) < 4.78 is 16.0. The quantitative estimate of drug-likeness (QED) is 0.140. The second-order valence-electron chi connectivity index (χ2n) is 13.1. The van der Waals surface area contributed by atoms with E-state index >= 15 is 0 Å². The molecule has 0 saturated carbocycles. The molecule has 42 heavy (non-hydrogen) atoms. The number of ether oxygens (including phenoxy) is 3. The number of rotatable bonds is 15. The number of nitrogens with one attached hydrogen (secondary N) is 2. The number of hydrogen-bond acceptors (Lipinski definition) is 8. The molecule has 0 aliphatic carbocycles. The fourth-order valence-electron chi connectivity index (χ4n) is 3.49. The van der Waals surface area contributed by atoms with Crippen LogP contribution < -0.4 is 10.6 Å². The normalized spacial score (nSPS) is 12.5. The van der Waals surface area contributed by atoms with Crippen molar-refractivity contribution in [3.05, 3.63) is 0 Å². The zero-order valence-corrected chi connectivity index (χ0v) is 27.3. The Balaban J connectivity index is 5.05. The molecule has 0 aromatic rings. The minimum Gasteiger partial charge on any atom is -0.481 e. The van der Waals surface area contributed by atoms with Crippen LogP contribution in [0.1, 0.15) is 94.9 Å². The predicted octanol–water partition coefficient (Wildman–Crippen LogP) is 4.38. The van der Waals surface area contributed by atoms with Gasteiger partial charge >= 0.3 is 24.2 Å². The lowest BCUT2D eigenvalue weighted by Crippen LogP contribution is -2.41. The van der Waals surface area contributed by atoms with Crippen molar-refractivity contribution in [1.82, 2.24) is 20.4 Å². The number of carboxylic acid groups (broad SMARTS) is 1. The van der Waals surface area contributed by atoms with Crippen LogP contribution in [-0.2, 0) is 23.8 Å². The van der Waals surface area contributed by atoms with Crippen molar-refractivity contribution in [3.63, 3.8) is 0 Å². The second kappa shape index (κ2) is 17.6. The van der Waals surface area contributed by atoms with Crippen molar-refractivity contribution in [1.29, 1.82) is 0 Å². The van der Waals surface area contributed by atoms with Gasteiger partial charge in [-0.15, -0.1) is 0 Å². The summed E-state index contributed by atoms with van der Waals surface area (Å²) in [6.45, 7) is 19.0. The summed E-state index contributed by atoms with van der Waals surface area (Å²) in [7, 11) is 0. The molecule has 1 unspecified atom stereocenters. The molecule has 3 N–H and O–H groups in total. The number of carboxylic acids is 1. The molecule has 13 heteroatoms. The lowest BCUT2D eigenvalue weighted by Gasteiger charge is -2.28. The third-order valence-electron chi connectivity index (χ3n) is 5.36. The number of carbonyl (C=O) groups is 5. The molecule has 0 aromatic carbocycles. The summed E-state index contributed by atoms with van der Waals surface area (Å²) in [5.41, 5.74) is -1.93. The highest BCUT2D eigenvalue weighted by molar-refractivity contribution is 5.96. The average Bonchev–Trinajstić information content (AvgIpc) is 2.79. The van der Waals surface area contributed by atoms with Gasteiger partial charge in [0, 0.05) is 39.3 Å². The SMILES string of the molecule is CC(C(=O)O)C(=O)N(CCCCN(CCCNC(=O)OC(C)(C)C)C(=O)OC(C)(C)C)CCCNC(=O)OC(C)(C)C. The monoisotopic (exact) mass is 602 g/mol. The van der Waals surface area contributed by atoms with E-state index in [0.29, 0.717) is 45.3 Å². The molecule has 0 aliphatic rings. The molecule has 0 aliphatic heterocycles. The predicted molar refractivity (Wildman–Crippen MR) is 158 cm³/mol. The Morgan fingerprint density at radius 2 is 0.976 bits per heavy atom. The third-order valence-corrected chi connectivity index (χ3v) is 5.36. The first-order valence-corrected chi connectivity index (χ1v) is 14.5. The summed E-state index contributed by atoms with van der Waals surface area (Å²) in [6.07, 6.45) is 0.333. The minimum absolute atomic E-state index is 0.248. The average molecular weight is 603 g/mol.